The van der Waals surface area contributed by atoms with Crippen molar-refractivity contribution >= 4 is 19.8 Å². The highest BCUT2D eigenvalue weighted by atomic mass is 31.2. The van der Waals surface area contributed by atoms with Crippen molar-refractivity contribution in [2.75, 3.05) is 47.5 Å². The lowest BCUT2D eigenvalue weighted by Gasteiger charge is -2.28. The summed E-state index contributed by atoms with van der Waals surface area (Å²) in [6.07, 6.45) is 41.4. The number of hydrogen-bond acceptors (Lipinski definition) is 8. The van der Waals surface area contributed by atoms with Crippen LogP contribution in [0.4, 0.5) is 0 Å². The van der Waals surface area contributed by atoms with Crippen molar-refractivity contribution < 1.29 is 42.1 Å². The first-order valence-electron chi connectivity index (χ1n) is 21.3. The van der Waals surface area contributed by atoms with Crippen LogP contribution in [0.2, 0.25) is 0 Å². The molecule has 9 nitrogen and oxygen atoms in total. The molecule has 0 rings (SSSR count). The molecule has 314 valence electrons. The smallest absolute Gasteiger partial charge is 0.306 e. The summed E-state index contributed by atoms with van der Waals surface area (Å²) in [5, 5.41) is 0. The summed E-state index contributed by atoms with van der Waals surface area (Å²) in [4.78, 5) is 37.5. The van der Waals surface area contributed by atoms with Gasteiger partial charge >= 0.3 is 11.9 Å². The number of carbonyl (C=O) groups excluding carboxylic acids is 2. The number of phosphoric ester groups is 1. The Morgan fingerprint density at radius 2 is 1.06 bits per heavy atom. The molecular formula is C44H80NO8P. The molecule has 2 atom stereocenters. The quantitative estimate of drug-likeness (QED) is 0.0200. The van der Waals surface area contributed by atoms with Gasteiger partial charge in [-0.1, -0.05) is 133 Å². The van der Waals surface area contributed by atoms with E-state index in [0.29, 0.717) is 23.9 Å². The molecular weight excluding hydrogens is 701 g/mol. The van der Waals surface area contributed by atoms with Crippen LogP contribution in [-0.4, -0.2) is 70.0 Å². The van der Waals surface area contributed by atoms with Crippen LogP contribution in [0.25, 0.3) is 0 Å². The topological polar surface area (TPSA) is 111 Å². The van der Waals surface area contributed by atoms with Gasteiger partial charge in [-0.15, -0.1) is 0 Å². The molecule has 0 saturated carbocycles. The van der Waals surface area contributed by atoms with Gasteiger partial charge < -0.3 is 27.9 Å². The Hall–Kier alpha value is -2.03. The zero-order valence-electron chi connectivity index (χ0n) is 35.2. The third-order valence-corrected chi connectivity index (χ3v) is 9.80. The van der Waals surface area contributed by atoms with E-state index in [1.165, 1.54) is 57.8 Å². The summed E-state index contributed by atoms with van der Waals surface area (Å²) in [7, 11) is 1.14. The van der Waals surface area contributed by atoms with E-state index in [4.69, 9.17) is 18.5 Å². The molecule has 1 unspecified atom stereocenters. The highest BCUT2D eigenvalue weighted by Crippen LogP contribution is 2.38. The van der Waals surface area contributed by atoms with E-state index >= 15 is 0 Å². The van der Waals surface area contributed by atoms with Crippen LogP contribution < -0.4 is 4.89 Å². The first-order chi connectivity index (χ1) is 26.0. The Kier molecular flexibility index (Phi) is 35.2. The van der Waals surface area contributed by atoms with Crippen LogP contribution in [0.3, 0.4) is 0 Å². The van der Waals surface area contributed by atoms with Gasteiger partial charge in [-0.2, -0.15) is 0 Å². The normalized spacial score (nSPS) is 14.1. The highest BCUT2D eigenvalue weighted by molar-refractivity contribution is 7.45. The zero-order chi connectivity index (χ0) is 40.0. The molecule has 0 aromatic rings. The Morgan fingerprint density at radius 3 is 1.63 bits per heavy atom. The number of unbranched alkanes of at least 4 members (excludes halogenated alkanes) is 16. The maximum absolute atomic E-state index is 12.6. The number of esters is 2. The second kappa shape index (κ2) is 36.6. The van der Waals surface area contributed by atoms with E-state index in [2.05, 4.69) is 62.5 Å². The van der Waals surface area contributed by atoms with Crippen molar-refractivity contribution in [2.24, 2.45) is 0 Å². The van der Waals surface area contributed by atoms with Gasteiger partial charge in [-0.05, 0) is 70.6 Å². The van der Waals surface area contributed by atoms with Gasteiger partial charge in [0.05, 0.1) is 27.7 Å². The molecule has 0 aromatic carbocycles. The van der Waals surface area contributed by atoms with E-state index in [-0.39, 0.29) is 26.1 Å². The van der Waals surface area contributed by atoms with Crippen molar-refractivity contribution in [3.05, 3.63) is 48.6 Å². The number of quaternary nitrogens is 1. The second-order valence-corrected chi connectivity index (χ2v) is 16.7. The van der Waals surface area contributed by atoms with Crippen LogP contribution in [-0.2, 0) is 32.7 Å². The zero-order valence-corrected chi connectivity index (χ0v) is 36.0. The second-order valence-electron chi connectivity index (χ2n) is 15.3. The SMILES string of the molecule is CC/C=C/C/C=C/C/C=C/CCCCCCCC(=O)OC[C@H](COP(=O)([O-])OCC[N+](C)(C)C)OC(=O)CCCC/C=C/CCCCCCCCCCC. The summed E-state index contributed by atoms with van der Waals surface area (Å²) < 4.78 is 33.8. The standard InChI is InChI=1S/C44H80NO8P/c1-6-8-10-12-14-16-18-20-22-24-26-28-30-32-34-36-43(46)50-40-42(41-52-54(48,49)51-39-38-45(3,4)5)53-44(47)37-35-33-31-29-27-25-23-21-19-17-15-13-11-9-7-2/h8,10,14,16,20,22,27,29,42H,6-7,9,11-13,15,17-19,21,23-26,28,30-41H2,1-5H3/b10-8+,16-14+,22-20+,29-27+/t42-/m1/s1. The fourth-order valence-corrected chi connectivity index (χ4v) is 6.21. The lowest BCUT2D eigenvalue weighted by atomic mass is 10.1. The number of nitrogens with zero attached hydrogens (tertiary/aromatic N) is 1. The van der Waals surface area contributed by atoms with Crippen molar-refractivity contribution in [1.29, 1.82) is 0 Å². The minimum atomic E-state index is -4.63. The number of rotatable bonds is 38. The van der Waals surface area contributed by atoms with Crippen molar-refractivity contribution in [3.8, 4) is 0 Å². The van der Waals surface area contributed by atoms with Crippen LogP contribution >= 0.6 is 7.82 Å². The van der Waals surface area contributed by atoms with E-state index in [1.54, 1.807) is 0 Å². The Labute approximate surface area is 331 Å². The largest absolute Gasteiger partial charge is 0.756 e. The summed E-state index contributed by atoms with van der Waals surface area (Å²) in [5.41, 5.74) is 0. The highest BCUT2D eigenvalue weighted by Gasteiger charge is 2.21. The monoisotopic (exact) mass is 782 g/mol. The maximum atomic E-state index is 12.6. The number of phosphoric acid groups is 1. The summed E-state index contributed by atoms with van der Waals surface area (Å²) in [6.45, 7) is 4.06. The molecule has 0 heterocycles. The van der Waals surface area contributed by atoms with Crippen molar-refractivity contribution in [2.45, 2.75) is 174 Å². The molecule has 0 aliphatic carbocycles. The van der Waals surface area contributed by atoms with Crippen molar-refractivity contribution in [3.63, 3.8) is 0 Å². The molecule has 0 spiro atoms. The third kappa shape index (κ3) is 39.7. The molecule has 54 heavy (non-hydrogen) atoms. The molecule has 0 fully saturated rings. The van der Waals surface area contributed by atoms with Gasteiger partial charge in [-0.3, -0.25) is 14.2 Å². The van der Waals surface area contributed by atoms with Crippen LogP contribution in [0, 0.1) is 0 Å². The first kappa shape index (κ1) is 52.0. The molecule has 0 aliphatic rings. The Balaban J connectivity index is 4.44. The average Bonchev–Trinajstić information content (AvgIpc) is 3.12. The predicted octanol–water partition coefficient (Wildman–Crippen LogP) is 11.3. The number of carbonyl (C=O) groups is 2. The predicted molar refractivity (Wildman–Crippen MR) is 222 cm³/mol. The number of hydrogen-bond donors (Lipinski definition) is 0. The molecule has 0 N–H and O–H groups in total. The fourth-order valence-electron chi connectivity index (χ4n) is 5.49. The lowest BCUT2D eigenvalue weighted by Crippen LogP contribution is -2.37. The molecule has 0 aromatic heterocycles. The van der Waals surface area contributed by atoms with E-state index in [1.807, 2.05) is 21.1 Å². The average molecular weight is 782 g/mol. The maximum Gasteiger partial charge on any atom is 0.306 e. The Morgan fingerprint density at radius 1 is 0.593 bits per heavy atom. The van der Waals surface area contributed by atoms with Crippen molar-refractivity contribution in [1.82, 2.24) is 0 Å². The lowest BCUT2D eigenvalue weighted by molar-refractivity contribution is -0.870. The first-order valence-corrected chi connectivity index (χ1v) is 22.8. The van der Waals surface area contributed by atoms with Gasteiger partial charge in [-0.25, -0.2) is 0 Å². The van der Waals surface area contributed by atoms with Crippen LogP contribution in [0.1, 0.15) is 168 Å². The van der Waals surface area contributed by atoms with Gasteiger partial charge in [0.25, 0.3) is 7.82 Å². The minimum absolute atomic E-state index is 0.0386. The number of ether oxygens (including phenoxy) is 2. The van der Waals surface area contributed by atoms with Crippen LogP contribution in [0.5, 0.6) is 0 Å². The van der Waals surface area contributed by atoms with E-state index in [9.17, 15) is 19.0 Å². The minimum Gasteiger partial charge on any atom is -0.756 e. The van der Waals surface area contributed by atoms with Gasteiger partial charge in [0.2, 0.25) is 0 Å². The van der Waals surface area contributed by atoms with Gasteiger partial charge in [0, 0.05) is 12.8 Å². The van der Waals surface area contributed by atoms with Gasteiger partial charge in [0.15, 0.2) is 6.10 Å². The van der Waals surface area contributed by atoms with Gasteiger partial charge in [0.1, 0.15) is 19.8 Å². The number of likely N-dealkylation sites (N-methyl/N-ethyl adjacent to an activating group) is 1. The molecule has 10 heteroatoms. The summed E-state index contributed by atoms with van der Waals surface area (Å²) in [6, 6.07) is 0. The fraction of sp³-hybridized carbons (Fsp3) is 0.773. The van der Waals surface area contributed by atoms with E-state index in [0.717, 1.165) is 70.6 Å². The molecule has 0 bridgehead atoms. The Bertz CT molecular complexity index is 1070. The number of allylic oxidation sites excluding steroid dienone is 8. The molecule has 0 radical (unpaired) electrons. The molecule has 0 saturated heterocycles. The van der Waals surface area contributed by atoms with Crippen LogP contribution in [0.15, 0.2) is 48.6 Å². The summed E-state index contributed by atoms with van der Waals surface area (Å²) >= 11 is 0. The third-order valence-electron chi connectivity index (χ3n) is 8.83. The molecule has 0 aliphatic heterocycles. The van der Waals surface area contributed by atoms with E-state index < -0.39 is 32.5 Å². The summed E-state index contributed by atoms with van der Waals surface area (Å²) in [5.74, 6) is -0.882. The molecule has 0 amide bonds.